The van der Waals surface area contributed by atoms with Crippen molar-refractivity contribution in [1.29, 1.82) is 0 Å². The van der Waals surface area contributed by atoms with E-state index < -0.39 is 88.7 Å². The van der Waals surface area contributed by atoms with Gasteiger partial charge in [0.05, 0.1) is 6.04 Å². The number of carboxylic acids is 1. The molecule has 62 heavy (non-hydrogen) atoms. The first-order valence-corrected chi connectivity index (χ1v) is 22.3. The molecule has 9 N–H and O–H groups in total. The summed E-state index contributed by atoms with van der Waals surface area (Å²) in [5, 5.41) is 25.8. The van der Waals surface area contributed by atoms with E-state index in [0.29, 0.717) is 32.2 Å². The minimum atomic E-state index is -1.60. The summed E-state index contributed by atoms with van der Waals surface area (Å²) >= 11 is 0. The number of nitrogens with two attached hydrogens (primary N) is 1. The Morgan fingerprint density at radius 2 is 1.05 bits per heavy atom. The standard InChI is InChI=1S/C45H80N8O9/c1-25(2)17-15-18-30(46)41(59)53-20-16-19-35(53)40(58)49-31(21-26(3)4)36(54)47-33(23-28(7)8)38(56)51-44(11,12)42(60)50-32(22-27(5)6)37(55)48-34(24-29(9)10)39(57)52-45(13,14)43(61)62/h17,26-35H,15-16,18-24,46H2,1-14H3,(H,47,54)(H,48,55)(H,49,58)(H,50,60)(H,51,56)(H,52,57)(H,61,62)/t30-,31-,32-,33-,34-,35-/m0/s1. The molecule has 1 fully saturated rings. The fourth-order valence-electron chi connectivity index (χ4n) is 7.05. The van der Waals surface area contributed by atoms with Gasteiger partial charge in [0.1, 0.15) is 41.3 Å². The monoisotopic (exact) mass is 877 g/mol. The first-order valence-electron chi connectivity index (χ1n) is 22.3. The van der Waals surface area contributed by atoms with Crippen molar-refractivity contribution in [2.75, 3.05) is 6.54 Å². The van der Waals surface area contributed by atoms with Gasteiger partial charge in [-0.1, -0.05) is 67.0 Å². The molecule has 17 heteroatoms. The largest absolute Gasteiger partial charge is 0.480 e. The molecule has 0 saturated carbocycles. The number of hydrogen-bond donors (Lipinski definition) is 8. The van der Waals surface area contributed by atoms with Crippen LogP contribution in [0.15, 0.2) is 11.6 Å². The number of carbonyl (C=O) groups is 8. The highest BCUT2D eigenvalue weighted by Crippen LogP contribution is 2.21. The highest BCUT2D eigenvalue weighted by molar-refractivity contribution is 5.99. The van der Waals surface area contributed by atoms with Crippen LogP contribution in [-0.4, -0.2) is 111 Å². The lowest BCUT2D eigenvalue weighted by Crippen LogP contribution is -2.63. The van der Waals surface area contributed by atoms with Gasteiger partial charge in [-0.3, -0.25) is 33.6 Å². The number of carboxylic acid groups (broad SMARTS) is 1. The normalized spacial score (nSPS) is 16.8. The van der Waals surface area contributed by atoms with Crippen LogP contribution in [0.1, 0.15) is 148 Å². The van der Waals surface area contributed by atoms with Gasteiger partial charge in [-0.15, -0.1) is 0 Å². The van der Waals surface area contributed by atoms with Crippen LogP contribution < -0.4 is 37.6 Å². The molecule has 1 aliphatic rings. The van der Waals surface area contributed by atoms with Gasteiger partial charge in [0, 0.05) is 6.54 Å². The molecule has 6 atom stereocenters. The number of nitrogens with zero attached hydrogens (tertiary/aromatic N) is 1. The molecule has 1 heterocycles. The third-order valence-corrected chi connectivity index (χ3v) is 10.5. The molecule has 1 rings (SSSR count). The summed E-state index contributed by atoms with van der Waals surface area (Å²) in [4.78, 5) is 109. The molecular formula is C45H80N8O9. The number of aliphatic carboxylic acids is 1. The maximum Gasteiger partial charge on any atom is 0.328 e. The second kappa shape index (κ2) is 24.9. The maximum atomic E-state index is 14.0. The Hall–Kier alpha value is -4.54. The number of allylic oxidation sites excluding steroid dienone is 2. The predicted octanol–water partition coefficient (Wildman–Crippen LogP) is 3.05. The minimum absolute atomic E-state index is 0.0292. The van der Waals surface area contributed by atoms with Crippen molar-refractivity contribution in [3.8, 4) is 0 Å². The lowest BCUT2D eigenvalue weighted by molar-refractivity contribution is -0.146. The molecule has 7 amide bonds. The average molecular weight is 877 g/mol. The fourth-order valence-corrected chi connectivity index (χ4v) is 7.05. The van der Waals surface area contributed by atoms with Gasteiger partial charge in [0.25, 0.3) is 0 Å². The van der Waals surface area contributed by atoms with Gasteiger partial charge in [-0.2, -0.15) is 0 Å². The smallest absolute Gasteiger partial charge is 0.328 e. The van der Waals surface area contributed by atoms with Gasteiger partial charge in [-0.05, 0) is 117 Å². The van der Waals surface area contributed by atoms with Crippen LogP contribution >= 0.6 is 0 Å². The lowest BCUT2D eigenvalue weighted by atomic mass is 9.96. The Morgan fingerprint density at radius 3 is 1.45 bits per heavy atom. The molecule has 0 aromatic carbocycles. The molecule has 1 aliphatic heterocycles. The van der Waals surface area contributed by atoms with Crippen LogP contribution in [0.5, 0.6) is 0 Å². The summed E-state index contributed by atoms with van der Waals surface area (Å²) in [5.74, 6) is -5.56. The minimum Gasteiger partial charge on any atom is -0.480 e. The maximum absolute atomic E-state index is 14.0. The van der Waals surface area contributed by atoms with E-state index in [4.69, 9.17) is 5.73 Å². The number of likely N-dealkylation sites (tertiary alicyclic amines) is 1. The van der Waals surface area contributed by atoms with Crippen LogP contribution in [0.2, 0.25) is 0 Å². The Kier molecular flexibility index (Phi) is 22.3. The fraction of sp³-hybridized carbons (Fsp3) is 0.778. The molecule has 0 spiro atoms. The highest BCUT2D eigenvalue weighted by atomic mass is 16.4. The second-order valence-electron chi connectivity index (χ2n) is 19.9. The molecule has 0 unspecified atom stereocenters. The van der Waals surface area contributed by atoms with Crippen LogP contribution in [0.4, 0.5) is 0 Å². The van der Waals surface area contributed by atoms with Crippen LogP contribution in [-0.2, 0) is 38.4 Å². The van der Waals surface area contributed by atoms with E-state index in [2.05, 4.69) is 31.9 Å². The Labute approximate surface area is 370 Å². The van der Waals surface area contributed by atoms with Crippen LogP contribution in [0, 0.1) is 23.7 Å². The quantitative estimate of drug-likeness (QED) is 0.0622. The van der Waals surface area contributed by atoms with E-state index >= 15 is 0 Å². The van der Waals surface area contributed by atoms with E-state index in [1.54, 1.807) is 0 Å². The second-order valence-corrected chi connectivity index (χ2v) is 19.9. The van der Waals surface area contributed by atoms with Crippen molar-refractivity contribution in [3.05, 3.63) is 11.6 Å². The Morgan fingerprint density at radius 1 is 0.645 bits per heavy atom. The predicted molar refractivity (Wildman–Crippen MR) is 239 cm³/mol. The molecule has 1 saturated heterocycles. The molecular weight excluding hydrogens is 797 g/mol. The van der Waals surface area contributed by atoms with Crippen LogP contribution in [0.3, 0.4) is 0 Å². The van der Waals surface area contributed by atoms with Crippen molar-refractivity contribution in [1.82, 2.24) is 36.8 Å². The Balaban J connectivity index is 3.23. The first kappa shape index (κ1) is 55.5. The zero-order valence-corrected chi connectivity index (χ0v) is 40.0. The van der Waals surface area contributed by atoms with Gasteiger partial charge < -0.3 is 47.6 Å². The zero-order valence-electron chi connectivity index (χ0n) is 40.0. The van der Waals surface area contributed by atoms with Crippen molar-refractivity contribution in [2.24, 2.45) is 29.4 Å². The van der Waals surface area contributed by atoms with E-state index in [9.17, 15) is 43.5 Å². The summed E-state index contributed by atoms with van der Waals surface area (Å²) in [6.45, 7) is 24.9. The third-order valence-electron chi connectivity index (χ3n) is 10.5. The van der Waals surface area contributed by atoms with Crippen molar-refractivity contribution < 1.29 is 43.5 Å². The number of nitrogens with one attached hydrogen (secondary N) is 6. The molecule has 354 valence electrons. The van der Waals surface area contributed by atoms with E-state index in [-0.39, 0.29) is 55.3 Å². The van der Waals surface area contributed by atoms with Crippen molar-refractivity contribution in [2.45, 2.75) is 196 Å². The first-order chi connectivity index (χ1) is 28.5. The number of amides is 7. The molecule has 17 nitrogen and oxygen atoms in total. The zero-order chi connectivity index (χ0) is 47.9. The Bertz CT molecular complexity index is 1600. The number of rotatable bonds is 25. The van der Waals surface area contributed by atoms with Gasteiger partial charge in [-0.25, -0.2) is 4.79 Å². The van der Waals surface area contributed by atoms with Gasteiger partial charge in [0.2, 0.25) is 41.4 Å². The average Bonchev–Trinajstić information content (AvgIpc) is 3.62. The number of carbonyl (C=O) groups excluding carboxylic acids is 7. The van der Waals surface area contributed by atoms with E-state index in [1.165, 1.54) is 32.6 Å². The summed E-state index contributed by atoms with van der Waals surface area (Å²) in [6.07, 6.45) is 4.94. The van der Waals surface area contributed by atoms with Gasteiger partial charge in [0.15, 0.2) is 0 Å². The molecule has 0 aliphatic carbocycles. The summed E-state index contributed by atoms with van der Waals surface area (Å²) < 4.78 is 0. The summed E-state index contributed by atoms with van der Waals surface area (Å²) in [6, 6.07) is -5.91. The van der Waals surface area contributed by atoms with Gasteiger partial charge >= 0.3 is 5.97 Å². The SMILES string of the molecule is CC(C)=CCC[C@H](N)C(=O)N1CCC[C@H]1C(=O)N[C@@H](CC(C)C)C(=O)N[C@@H](CC(C)C)C(=O)NC(C)(C)C(=O)N[C@@H](CC(C)C)C(=O)N[C@@H](CC(C)C)C(=O)NC(C)(C)C(=O)O. The summed E-state index contributed by atoms with van der Waals surface area (Å²) in [5.41, 5.74) is 4.17. The lowest BCUT2D eigenvalue weighted by Gasteiger charge is -2.32. The molecule has 0 aromatic rings. The molecule has 0 aromatic heterocycles. The summed E-state index contributed by atoms with van der Waals surface area (Å²) in [7, 11) is 0. The third kappa shape index (κ3) is 18.8. The molecule has 0 radical (unpaired) electrons. The van der Waals surface area contributed by atoms with E-state index in [0.717, 1.165) is 5.57 Å². The van der Waals surface area contributed by atoms with E-state index in [1.807, 2.05) is 75.3 Å². The van der Waals surface area contributed by atoms with Crippen LogP contribution in [0.25, 0.3) is 0 Å². The van der Waals surface area contributed by atoms with Crippen molar-refractivity contribution >= 4 is 47.3 Å². The van der Waals surface area contributed by atoms with Crippen molar-refractivity contribution in [3.63, 3.8) is 0 Å². The topological polar surface area (TPSA) is 258 Å². The molecule has 0 bridgehead atoms. The highest BCUT2D eigenvalue weighted by Gasteiger charge is 2.40. The number of hydrogen-bond acceptors (Lipinski definition) is 9.